The van der Waals surface area contributed by atoms with Gasteiger partial charge in [-0.15, -0.1) is 0 Å². The van der Waals surface area contributed by atoms with Crippen LogP contribution >= 0.6 is 0 Å². The van der Waals surface area contributed by atoms with E-state index in [1.54, 1.807) is 0 Å². The summed E-state index contributed by atoms with van der Waals surface area (Å²) in [6.45, 7) is 4.64. The van der Waals surface area contributed by atoms with Crippen molar-refractivity contribution in [1.82, 2.24) is 24.8 Å². The molecule has 1 aliphatic carbocycles. The average Bonchev–Trinajstić information content (AvgIpc) is 3.60. The number of nitrogen functional groups attached to an aromatic ring is 1. The summed E-state index contributed by atoms with van der Waals surface area (Å²) < 4.78 is 19.3. The van der Waals surface area contributed by atoms with E-state index < -0.39 is 0 Å². The number of carbonyl (C=O) groups excluding carboxylic acids is 1. The van der Waals surface area contributed by atoms with Crippen LogP contribution in [0.4, 0.5) is 10.6 Å². The van der Waals surface area contributed by atoms with Crippen molar-refractivity contribution in [3.63, 3.8) is 0 Å². The Morgan fingerprint density at radius 1 is 1.02 bits per heavy atom. The lowest BCUT2D eigenvalue weighted by molar-refractivity contribution is 0.0378. The minimum atomic E-state index is -0.360. The first-order valence-corrected chi connectivity index (χ1v) is 13.8. The van der Waals surface area contributed by atoms with Crippen molar-refractivity contribution in [2.24, 2.45) is 0 Å². The zero-order valence-electron chi connectivity index (χ0n) is 22.4. The molecule has 1 saturated carbocycles. The standard InChI is InChI=1S/C30H34N6O4/c31-28-27-26(21-6-9-24(10-7-21)39-23-4-2-1-3-5-23)19-36(29(27)34-20-33-28)22-8-11-25(18-22)40-30(37)32-12-13-35-14-16-38-17-15-35/h1-7,9-10,19-20,22,25H,8,11-18H2,(H,32,37)(H2,31,33,34). The Bertz CT molecular complexity index is 1440. The summed E-state index contributed by atoms with van der Waals surface area (Å²) in [6, 6.07) is 17.8. The van der Waals surface area contributed by atoms with Gasteiger partial charge in [0.1, 0.15) is 35.4 Å². The molecule has 0 spiro atoms. The summed E-state index contributed by atoms with van der Waals surface area (Å²) >= 11 is 0. The molecule has 1 amide bonds. The number of anilines is 1. The number of nitrogens with zero attached hydrogens (tertiary/aromatic N) is 4. The van der Waals surface area contributed by atoms with E-state index in [1.165, 1.54) is 6.33 Å². The average molecular weight is 543 g/mol. The Balaban J connectivity index is 1.13. The molecule has 0 radical (unpaired) electrons. The summed E-state index contributed by atoms with van der Waals surface area (Å²) in [6.07, 6.45) is 5.47. The number of nitrogens with one attached hydrogen (secondary N) is 1. The smallest absolute Gasteiger partial charge is 0.407 e. The molecule has 1 aliphatic heterocycles. The van der Waals surface area contributed by atoms with E-state index in [9.17, 15) is 4.79 Å². The number of ether oxygens (including phenoxy) is 3. The highest BCUT2D eigenvalue weighted by atomic mass is 16.6. The number of amides is 1. The molecule has 4 aromatic rings. The lowest BCUT2D eigenvalue weighted by Gasteiger charge is -2.26. The van der Waals surface area contributed by atoms with E-state index in [0.29, 0.717) is 18.8 Å². The van der Waals surface area contributed by atoms with Gasteiger partial charge in [0.05, 0.1) is 18.6 Å². The van der Waals surface area contributed by atoms with E-state index in [0.717, 1.165) is 79.3 Å². The third-order valence-corrected chi connectivity index (χ3v) is 7.61. The van der Waals surface area contributed by atoms with Crippen LogP contribution in [0.3, 0.4) is 0 Å². The van der Waals surface area contributed by atoms with Gasteiger partial charge >= 0.3 is 6.09 Å². The number of morpholine rings is 1. The Kier molecular flexibility index (Phi) is 7.78. The second-order valence-corrected chi connectivity index (χ2v) is 10.2. The summed E-state index contributed by atoms with van der Waals surface area (Å²) in [7, 11) is 0. The molecule has 1 saturated heterocycles. The molecule has 10 heteroatoms. The van der Waals surface area contributed by atoms with Gasteiger partial charge in [-0.3, -0.25) is 4.90 Å². The van der Waals surface area contributed by atoms with Crippen LogP contribution in [0.1, 0.15) is 25.3 Å². The van der Waals surface area contributed by atoms with Crippen LogP contribution in [0.15, 0.2) is 67.1 Å². The highest BCUT2D eigenvalue weighted by Gasteiger charge is 2.31. The van der Waals surface area contributed by atoms with Crippen molar-refractivity contribution in [2.75, 3.05) is 45.1 Å². The Morgan fingerprint density at radius 2 is 1.80 bits per heavy atom. The molecular formula is C30H34N6O4. The number of para-hydroxylation sites is 1. The van der Waals surface area contributed by atoms with Gasteiger partial charge in [-0.25, -0.2) is 14.8 Å². The number of alkyl carbamates (subject to hydrolysis) is 1. The predicted octanol–water partition coefficient (Wildman–Crippen LogP) is 4.62. The number of hydrogen-bond acceptors (Lipinski definition) is 8. The van der Waals surface area contributed by atoms with Gasteiger partial charge in [-0.05, 0) is 42.7 Å². The van der Waals surface area contributed by atoms with Crippen LogP contribution in [-0.2, 0) is 9.47 Å². The number of carbonyl (C=O) groups is 1. The van der Waals surface area contributed by atoms with Gasteiger partial charge in [0, 0.05) is 50.4 Å². The van der Waals surface area contributed by atoms with E-state index in [4.69, 9.17) is 19.9 Å². The first-order chi connectivity index (χ1) is 19.6. The van der Waals surface area contributed by atoms with Crippen molar-refractivity contribution in [1.29, 1.82) is 0 Å². The summed E-state index contributed by atoms with van der Waals surface area (Å²) in [4.78, 5) is 23.6. The maximum absolute atomic E-state index is 12.4. The molecule has 10 nitrogen and oxygen atoms in total. The monoisotopic (exact) mass is 542 g/mol. The third kappa shape index (κ3) is 5.88. The molecule has 40 heavy (non-hydrogen) atoms. The molecule has 2 aromatic heterocycles. The lowest BCUT2D eigenvalue weighted by Crippen LogP contribution is -2.41. The summed E-state index contributed by atoms with van der Waals surface area (Å²) in [5, 5.41) is 3.72. The van der Waals surface area contributed by atoms with Crippen LogP contribution in [-0.4, -0.2) is 71.0 Å². The number of benzene rings is 2. The molecule has 2 fully saturated rings. The summed E-state index contributed by atoms with van der Waals surface area (Å²) in [5.41, 5.74) is 9.10. The molecule has 6 rings (SSSR count). The number of aromatic nitrogens is 3. The Morgan fingerprint density at radius 3 is 2.60 bits per heavy atom. The number of hydrogen-bond donors (Lipinski definition) is 2. The van der Waals surface area contributed by atoms with Crippen LogP contribution in [0.25, 0.3) is 22.2 Å². The van der Waals surface area contributed by atoms with Crippen LogP contribution in [0, 0.1) is 0 Å². The van der Waals surface area contributed by atoms with E-state index in [1.807, 2.05) is 54.6 Å². The molecule has 2 aliphatic rings. The highest BCUT2D eigenvalue weighted by Crippen LogP contribution is 2.40. The molecule has 2 atom stereocenters. The van der Waals surface area contributed by atoms with Crippen molar-refractivity contribution in [3.05, 3.63) is 67.1 Å². The minimum Gasteiger partial charge on any atom is -0.457 e. The zero-order chi connectivity index (χ0) is 27.3. The highest BCUT2D eigenvalue weighted by molar-refractivity contribution is 6.00. The van der Waals surface area contributed by atoms with Crippen LogP contribution in [0.2, 0.25) is 0 Å². The molecule has 208 valence electrons. The molecule has 2 unspecified atom stereocenters. The second-order valence-electron chi connectivity index (χ2n) is 10.2. The van der Waals surface area contributed by atoms with Gasteiger partial charge in [0.2, 0.25) is 0 Å². The topological polar surface area (TPSA) is 117 Å². The number of nitrogens with two attached hydrogens (primary N) is 1. The molecule has 3 heterocycles. The van der Waals surface area contributed by atoms with Crippen molar-refractivity contribution in [2.45, 2.75) is 31.4 Å². The van der Waals surface area contributed by atoms with Crippen LogP contribution < -0.4 is 15.8 Å². The van der Waals surface area contributed by atoms with E-state index in [-0.39, 0.29) is 18.2 Å². The summed E-state index contributed by atoms with van der Waals surface area (Å²) in [5.74, 6) is 1.98. The molecule has 2 aromatic carbocycles. The fourth-order valence-electron chi connectivity index (χ4n) is 5.54. The zero-order valence-corrected chi connectivity index (χ0v) is 22.4. The van der Waals surface area contributed by atoms with E-state index in [2.05, 4.69) is 30.9 Å². The minimum absolute atomic E-state index is 0.136. The molecule has 3 N–H and O–H groups in total. The van der Waals surface area contributed by atoms with Gasteiger partial charge in [-0.1, -0.05) is 30.3 Å². The van der Waals surface area contributed by atoms with E-state index >= 15 is 0 Å². The Labute approximate surface area is 233 Å². The normalized spacial score (nSPS) is 19.5. The van der Waals surface area contributed by atoms with Gasteiger partial charge in [0.15, 0.2) is 0 Å². The van der Waals surface area contributed by atoms with Gasteiger partial charge in [-0.2, -0.15) is 0 Å². The number of rotatable bonds is 8. The number of fused-ring (bicyclic) bond motifs is 1. The third-order valence-electron chi connectivity index (χ3n) is 7.61. The SMILES string of the molecule is Nc1ncnc2c1c(-c1ccc(Oc3ccccc3)cc1)cn2C1CCC(OC(=O)NCCN2CCOCC2)C1. The quantitative estimate of drug-likeness (QED) is 0.331. The second kappa shape index (κ2) is 11.9. The van der Waals surface area contributed by atoms with Crippen molar-refractivity contribution < 1.29 is 19.0 Å². The lowest BCUT2D eigenvalue weighted by atomic mass is 10.1. The maximum Gasteiger partial charge on any atom is 0.407 e. The fraction of sp³-hybridized carbons (Fsp3) is 0.367. The largest absolute Gasteiger partial charge is 0.457 e. The maximum atomic E-state index is 12.4. The molecule has 0 bridgehead atoms. The first kappa shape index (κ1) is 26.1. The molecular weight excluding hydrogens is 508 g/mol. The van der Waals surface area contributed by atoms with Gasteiger partial charge in [0.25, 0.3) is 0 Å². The predicted molar refractivity (Wildman–Crippen MR) is 152 cm³/mol. The van der Waals surface area contributed by atoms with Gasteiger partial charge < -0.3 is 29.8 Å². The van der Waals surface area contributed by atoms with Crippen LogP contribution in [0.5, 0.6) is 11.5 Å². The first-order valence-electron chi connectivity index (χ1n) is 13.8. The van der Waals surface area contributed by atoms with Crippen molar-refractivity contribution in [3.8, 4) is 22.6 Å². The fourth-order valence-corrected chi connectivity index (χ4v) is 5.54. The van der Waals surface area contributed by atoms with Crippen molar-refractivity contribution >= 4 is 22.9 Å². The Hall–Kier alpha value is -4.15.